The Kier molecular flexibility index (Phi) is 2.22. The second-order valence-corrected chi connectivity index (χ2v) is 3.37. The van der Waals surface area contributed by atoms with Crippen LogP contribution in [0.25, 0.3) is 0 Å². The molecule has 1 aromatic carbocycles. The van der Waals surface area contributed by atoms with Gasteiger partial charge < -0.3 is 5.32 Å². The number of hydrogen-bond donors (Lipinski definition) is 1. The molecular formula is C10H6F3NO2. The lowest BCUT2D eigenvalue weighted by Crippen LogP contribution is -2.44. The predicted molar refractivity (Wildman–Crippen MR) is 48.9 cm³/mol. The molecule has 1 aliphatic heterocycles. The van der Waals surface area contributed by atoms with E-state index >= 15 is 0 Å². The third-order valence-corrected chi connectivity index (χ3v) is 2.30. The first kappa shape index (κ1) is 10.7. The van der Waals surface area contributed by atoms with Crippen LogP contribution in [0.1, 0.15) is 10.4 Å². The lowest BCUT2D eigenvalue weighted by atomic mass is 9.91. The van der Waals surface area contributed by atoms with Gasteiger partial charge in [0.05, 0.1) is 5.69 Å². The van der Waals surface area contributed by atoms with Gasteiger partial charge in [0, 0.05) is 5.56 Å². The molecule has 1 N–H and O–H groups in total. The molecule has 0 radical (unpaired) electrons. The molecule has 0 bridgehead atoms. The van der Waals surface area contributed by atoms with Crippen molar-refractivity contribution in [1.29, 1.82) is 0 Å². The van der Waals surface area contributed by atoms with Gasteiger partial charge in [-0.25, -0.2) is 0 Å². The molecule has 1 atom stereocenters. The van der Waals surface area contributed by atoms with Gasteiger partial charge >= 0.3 is 6.18 Å². The quantitative estimate of drug-likeness (QED) is 0.691. The average molecular weight is 229 g/mol. The number of Topliss-reactive ketones (excluding diaryl/α,β-unsaturated/α-hetero) is 1. The Hall–Kier alpha value is -1.85. The van der Waals surface area contributed by atoms with Crippen LogP contribution in [-0.4, -0.2) is 17.9 Å². The van der Waals surface area contributed by atoms with Gasteiger partial charge in [-0.1, -0.05) is 12.1 Å². The number of benzene rings is 1. The molecule has 0 aromatic heterocycles. The van der Waals surface area contributed by atoms with E-state index in [9.17, 15) is 22.8 Å². The summed E-state index contributed by atoms with van der Waals surface area (Å²) in [6, 6.07) is 5.62. The third kappa shape index (κ3) is 1.56. The summed E-state index contributed by atoms with van der Waals surface area (Å²) in [6.07, 6.45) is -4.85. The van der Waals surface area contributed by atoms with Gasteiger partial charge in [-0.2, -0.15) is 13.2 Å². The van der Waals surface area contributed by atoms with E-state index in [4.69, 9.17) is 0 Å². The maximum Gasteiger partial charge on any atom is 0.407 e. The van der Waals surface area contributed by atoms with Crippen LogP contribution in [0.15, 0.2) is 24.3 Å². The van der Waals surface area contributed by atoms with Crippen molar-refractivity contribution in [3.63, 3.8) is 0 Å². The fourth-order valence-electron chi connectivity index (χ4n) is 1.58. The first-order chi connectivity index (χ1) is 7.41. The number of carbonyl (C=O) groups is 2. The fraction of sp³-hybridized carbons (Fsp3) is 0.200. The second kappa shape index (κ2) is 3.33. The van der Waals surface area contributed by atoms with Crippen molar-refractivity contribution in [2.75, 3.05) is 5.32 Å². The second-order valence-electron chi connectivity index (χ2n) is 3.37. The topological polar surface area (TPSA) is 46.2 Å². The van der Waals surface area contributed by atoms with E-state index in [1.54, 1.807) is 0 Å². The number of carbonyl (C=O) groups excluding carboxylic acids is 2. The smallest absolute Gasteiger partial charge is 0.324 e. The normalized spacial score (nSPS) is 20.3. The Morgan fingerprint density at radius 1 is 1.12 bits per heavy atom. The van der Waals surface area contributed by atoms with Crippen molar-refractivity contribution in [3.05, 3.63) is 29.8 Å². The number of ketones is 1. The van der Waals surface area contributed by atoms with Gasteiger partial charge in [0.2, 0.25) is 5.91 Å². The standard InChI is InChI=1S/C10H6F3NO2/c11-10(12,13)7-8(15)5-3-1-2-4-6(5)14-9(7)16/h1-4,7H,(H,14,16). The van der Waals surface area contributed by atoms with Crippen LogP contribution >= 0.6 is 0 Å². The van der Waals surface area contributed by atoms with E-state index in [-0.39, 0.29) is 11.3 Å². The zero-order valence-corrected chi connectivity index (χ0v) is 7.84. The maximum absolute atomic E-state index is 12.5. The molecule has 2 rings (SSSR count). The lowest BCUT2D eigenvalue weighted by Gasteiger charge is -2.24. The Labute approximate surface area is 88.3 Å². The number of amides is 1. The van der Waals surface area contributed by atoms with Crippen LogP contribution in [0.2, 0.25) is 0 Å². The zero-order chi connectivity index (χ0) is 11.9. The van der Waals surface area contributed by atoms with Gasteiger partial charge in [0.1, 0.15) is 0 Å². The first-order valence-electron chi connectivity index (χ1n) is 4.42. The minimum absolute atomic E-state index is 0.107. The van der Waals surface area contributed by atoms with Crippen molar-refractivity contribution >= 4 is 17.4 Å². The Bertz CT molecular complexity index is 467. The number of alkyl halides is 3. The Morgan fingerprint density at radius 2 is 1.75 bits per heavy atom. The highest BCUT2D eigenvalue weighted by molar-refractivity contribution is 6.21. The highest BCUT2D eigenvalue weighted by atomic mass is 19.4. The predicted octanol–water partition coefficient (Wildman–Crippen LogP) is 2.00. The van der Waals surface area contributed by atoms with Gasteiger partial charge in [-0.05, 0) is 12.1 Å². The molecule has 1 heterocycles. The van der Waals surface area contributed by atoms with Crippen LogP contribution < -0.4 is 5.32 Å². The number of nitrogens with one attached hydrogen (secondary N) is 1. The van der Waals surface area contributed by atoms with E-state index in [1.165, 1.54) is 24.3 Å². The summed E-state index contributed by atoms with van der Waals surface area (Å²) in [6.45, 7) is 0. The van der Waals surface area contributed by atoms with Gasteiger partial charge in [0.15, 0.2) is 11.7 Å². The monoisotopic (exact) mass is 229 g/mol. The minimum atomic E-state index is -4.85. The van der Waals surface area contributed by atoms with Gasteiger partial charge in [0.25, 0.3) is 0 Å². The van der Waals surface area contributed by atoms with Crippen molar-refractivity contribution in [3.8, 4) is 0 Å². The fourth-order valence-corrected chi connectivity index (χ4v) is 1.58. The van der Waals surface area contributed by atoms with Crippen molar-refractivity contribution in [2.24, 2.45) is 5.92 Å². The first-order valence-corrected chi connectivity index (χ1v) is 4.42. The molecule has 0 saturated heterocycles. The van der Waals surface area contributed by atoms with Crippen LogP contribution in [0.4, 0.5) is 18.9 Å². The van der Waals surface area contributed by atoms with E-state index in [2.05, 4.69) is 5.32 Å². The molecule has 0 spiro atoms. The number of rotatable bonds is 0. The largest absolute Gasteiger partial charge is 0.407 e. The molecule has 1 aliphatic rings. The average Bonchev–Trinajstić information content (AvgIpc) is 2.15. The lowest BCUT2D eigenvalue weighted by molar-refractivity contribution is -0.169. The summed E-state index contributed by atoms with van der Waals surface area (Å²) >= 11 is 0. The molecular weight excluding hydrogens is 223 g/mol. The van der Waals surface area contributed by atoms with E-state index in [0.29, 0.717) is 0 Å². The van der Waals surface area contributed by atoms with Crippen LogP contribution in [0, 0.1) is 5.92 Å². The summed E-state index contributed by atoms with van der Waals surface area (Å²) < 4.78 is 37.4. The summed E-state index contributed by atoms with van der Waals surface area (Å²) in [7, 11) is 0. The summed E-state index contributed by atoms with van der Waals surface area (Å²) in [5, 5.41) is 2.07. The third-order valence-electron chi connectivity index (χ3n) is 2.30. The number of hydrogen-bond acceptors (Lipinski definition) is 2. The Morgan fingerprint density at radius 3 is 2.38 bits per heavy atom. The Balaban J connectivity index is 2.50. The summed E-state index contributed by atoms with van der Waals surface area (Å²) in [5.74, 6) is -5.12. The molecule has 16 heavy (non-hydrogen) atoms. The number of para-hydroxylation sites is 1. The van der Waals surface area contributed by atoms with Crippen molar-refractivity contribution < 1.29 is 22.8 Å². The van der Waals surface area contributed by atoms with Crippen LogP contribution in [0.5, 0.6) is 0 Å². The van der Waals surface area contributed by atoms with Crippen molar-refractivity contribution in [1.82, 2.24) is 0 Å². The zero-order valence-electron chi connectivity index (χ0n) is 7.84. The number of halogens is 3. The molecule has 0 fully saturated rings. The molecule has 1 amide bonds. The molecule has 6 heteroatoms. The number of anilines is 1. The highest BCUT2D eigenvalue weighted by Crippen LogP contribution is 2.35. The maximum atomic E-state index is 12.5. The van der Waals surface area contributed by atoms with Crippen molar-refractivity contribution in [2.45, 2.75) is 6.18 Å². The molecule has 3 nitrogen and oxygen atoms in total. The van der Waals surface area contributed by atoms with Gasteiger partial charge in [-0.3, -0.25) is 9.59 Å². The van der Waals surface area contributed by atoms with Crippen LogP contribution in [-0.2, 0) is 4.79 Å². The summed E-state index contributed by atoms with van der Waals surface area (Å²) in [5.41, 5.74) is 0.0161. The molecule has 84 valence electrons. The molecule has 1 unspecified atom stereocenters. The van der Waals surface area contributed by atoms with Gasteiger partial charge in [-0.15, -0.1) is 0 Å². The van der Waals surface area contributed by atoms with Crippen LogP contribution in [0.3, 0.4) is 0 Å². The molecule has 0 aliphatic carbocycles. The minimum Gasteiger partial charge on any atom is -0.324 e. The molecule has 0 saturated carbocycles. The number of fused-ring (bicyclic) bond motifs is 1. The SMILES string of the molecule is O=C1Nc2ccccc2C(=O)C1C(F)(F)F. The summed E-state index contributed by atoms with van der Waals surface area (Å²) in [4.78, 5) is 22.7. The van der Waals surface area contributed by atoms with E-state index < -0.39 is 23.8 Å². The van der Waals surface area contributed by atoms with E-state index in [0.717, 1.165) is 0 Å². The highest BCUT2D eigenvalue weighted by Gasteiger charge is 2.52. The molecule has 1 aromatic rings. The van der Waals surface area contributed by atoms with E-state index in [1.807, 2.05) is 0 Å².